The van der Waals surface area contributed by atoms with Gasteiger partial charge in [-0.05, 0) is 67.9 Å². The first kappa shape index (κ1) is 42.3. The lowest BCUT2D eigenvalue weighted by Crippen LogP contribution is -2.50. The molecule has 2 aromatic carbocycles. The van der Waals surface area contributed by atoms with Crippen LogP contribution in [0.25, 0.3) is 0 Å². The number of amidine groups is 1. The zero-order chi connectivity index (χ0) is 42.4. The fraction of sp³-hybridized carbons (Fsp3) is 0.512. The van der Waals surface area contributed by atoms with Crippen molar-refractivity contribution in [3.8, 4) is 5.75 Å². The number of piperazine rings is 1. The summed E-state index contributed by atoms with van der Waals surface area (Å²) in [6, 6.07) is 11.9. The Balaban J connectivity index is 0.787. The molecule has 1 N–H and O–H groups in total. The molecule has 4 aliphatic rings. The van der Waals surface area contributed by atoms with Crippen LogP contribution in [-0.4, -0.2) is 131 Å². The third-order valence-corrected chi connectivity index (χ3v) is 11.4. The first-order valence-corrected chi connectivity index (χ1v) is 20.4. The van der Waals surface area contributed by atoms with E-state index in [1.807, 2.05) is 24.0 Å². The van der Waals surface area contributed by atoms with Crippen molar-refractivity contribution in [1.82, 2.24) is 34.9 Å². The minimum absolute atomic E-state index is 0.0538. The van der Waals surface area contributed by atoms with Gasteiger partial charge in [0.15, 0.2) is 5.82 Å². The van der Waals surface area contributed by atoms with Crippen molar-refractivity contribution in [3.05, 3.63) is 70.8 Å². The Kier molecular flexibility index (Phi) is 13.1. The van der Waals surface area contributed by atoms with E-state index in [0.29, 0.717) is 95.6 Å². The van der Waals surface area contributed by atoms with E-state index in [9.17, 15) is 37.1 Å². The number of unbranched alkanes of at least 4 members (excludes halogenated alkanes) is 1. The number of halogens is 3. The fourth-order valence-corrected chi connectivity index (χ4v) is 8.25. The second-order valence-electron chi connectivity index (χ2n) is 15.2. The van der Waals surface area contributed by atoms with Crippen LogP contribution in [0.1, 0.15) is 95.7 Å². The van der Waals surface area contributed by atoms with Gasteiger partial charge in [-0.1, -0.05) is 31.5 Å². The molecule has 7 rings (SSSR count). The second-order valence-corrected chi connectivity index (χ2v) is 15.2. The molecule has 4 aliphatic heterocycles. The van der Waals surface area contributed by atoms with Crippen molar-refractivity contribution in [2.45, 2.75) is 76.4 Å². The lowest BCUT2D eigenvalue weighted by molar-refractivity contribution is -0.147. The number of piperidine rings is 1. The Labute approximate surface area is 344 Å². The fourth-order valence-electron chi connectivity index (χ4n) is 8.25. The Morgan fingerprint density at radius 3 is 2.35 bits per heavy atom. The summed E-state index contributed by atoms with van der Waals surface area (Å²) < 4.78 is 52.5. The number of alkyl halides is 3. The molecule has 5 amide bonds. The molecular formula is C41H48F3N9O7. The van der Waals surface area contributed by atoms with Crippen LogP contribution in [0.15, 0.2) is 47.6 Å². The van der Waals surface area contributed by atoms with E-state index < -0.39 is 35.8 Å². The van der Waals surface area contributed by atoms with Gasteiger partial charge >= 0.3 is 6.18 Å². The van der Waals surface area contributed by atoms with Crippen LogP contribution in [-0.2, 0) is 31.7 Å². The number of benzene rings is 2. The van der Waals surface area contributed by atoms with Crippen LogP contribution >= 0.6 is 0 Å². The maximum atomic E-state index is 13.6. The Bertz CT molecular complexity index is 2090. The summed E-state index contributed by atoms with van der Waals surface area (Å²) in [5.41, 5.74) is 2.18. The number of aromatic nitrogens is 3. The van der Waals surface area contributed by atoms with Gasteiger partial charge in [0.25, 0.3) is 17.6 Å². The monoisotopic (exact) mass is 835 g/mol. The highest BCUT2D eigenvalue weighted by atomic mass is 19.4. The van der Waals surface area contributed by atoms with Gasteiger partial charge in [0, 0.05) is 58.7 Å². The number of ether oxygens (including phenoxy) is 2. The van der Waals surface area contributed by atoms with E-state index in [1.165, 1.54) is 5.56 Å². The molecule has 2 saturated heterocycles. The number of likely N-dealkylation sites (tertiary alicyclic amines) is 1. The number of hydrogen-bond acceptors (Lipinski definition) is 12. The Morgan fingerprint density at radius 1 is 0.917 bits per heavy atom. The van der Waals surface area contributed by atoms with Crippen molar-refractivity contribution >= 4 is 41.6 Å². The molecule has 16 nitrogen and oxygen atoms in total. The van der Waals surface area contributed by atoms with E-state index >= 15 is 0 Å². The first-order valence-electron chi connectivity index (χ1n) is 20.4. The highest BCUT2D eigenvalue weighted by Crippen LogP contribution is 2.35. The number of fused-ring (bicyclic) bond motifs is 2. The number of nitrogens with zero attached hydrogens (tertiary/aromatic N) is 8. The van der Waals surface area contributed by atoms with Crippen LogP contribution in [0, 0.1) is 0 Å². The molecule has 320 valence electrons. The van der Waals surface area contributed by atoms with Crippen LogP contribution in [0.3, 0.4) is 0 Å². The molecule has 0 radical (unpaired) electrons. The van der Waals surface area contributed by atoms with Crippen LogP contribution in [0.5, 0.6) is 5.75 Å². The lowest BCUT2D eigenvalue weighted by atomic mass is 9.89. The van der Waals surface area contributed by atoms with Gasteiger partial charge in [0.05, 0.1) is 23.4 Å². The van der Waals surface area contributed by atoms with Gasteiger partial charge in [-0.25, -0.2) is 0 Å². The predicted octanol–water partition coefficient (Wildman–Crippen LogP) is 3.85. The number of nitrogens with one attached hydrogen (secondary N) is 1. The summed E-state index contributed by atoms with van der Waals surface area (Å²) in [6.45, 7) is 5.73. The molecule has 19 heteroatoms. The third kappa shape index (κ3) is 9.14. The summed E-state index contributed by atoms with van der Waals surface area (Å²) in [5, 5.41) is 13.3. The highest BCUT2D eigenvalue weighted by Gasteiger charge is 2.45. The molecule has 1 aromatic heterocycles. The summed E-state index contributed by atoms with van der Waals surface area (Å²) >= 11 is 0. The van der Waals surface area contributed by atoms with E-state index in [2.05, 4.69) is 37.6 Å². The largest absolute Gasteiger partial charge is 0.494 e. The molecule has 1 unspecified atom stereocenters. The number of aryl methyl sites for hydroxylation is 1. The number of amides is 5. The topological polar surface area (TPSA) is 172 Å². The van der Waals surface area contributed by atoms with Gasteiger partial charge in [-0.15, -0.1) is 10.2 Å². The van der Waals surface area contributed by atoms with Gasteiger partial charge in [0.1, 0.15) is 24.2 Å². The molecule has 60 heavy (non-hydrogen) atoms. The van der Waals surface area contributed by atoms with Crippen LogP contribution in [0.4, 0.5) is 18.9 Å². The molecule has 5 heterocycles. The van der Waals surface area contributed by atoms with Gasteiger partial charge in [-0.2, -0.15) is 22.9 Å². The Morgan fingerprint density at radius 2 is 1.65 bits per heavy atom. The second kappa shape index (κ2) is 18.6. The van der Waals surface area contributed by atoms with E-state index in [4.69, 9.17) is 9.47 Å². The highest BCUT2D eigenvalue weighted by molar-refractivity contribution is 6.25. The van der Waals surface area contributed by atoms with Gasteiger partial charge < -0.3 is 24.2 Å². The molecular weight excluding hydrogens is 788 g/mol. The lowest BCUT2D eigenvalue weighted by Gasteiger charge is -2.36. The van der Waals surface area contributed by atoms with Crippen LogP contribution in [0.2, 0.25) is 0 Å². The quantitative estimate of drug-likeness (QED) is 0.134. The third-order valence-electron chi connectivity index (χ3n) is 11.4. The molecule has 0 saturated carbocycles. The van der Waals surface area contributed by atoms with Gasteiger partial charge in [0.2, 0.25) is 18.2 Å². The number of rotatable bonds is 15. The normalized spacial score (nSPS) is 17.6. The number of imide groups is 2. The van der Waals surface area contributed by atoms with Crippen LogP contribution < -0.4 is 15.0 Å². The summed E-state index contributed by atoms with van der Waals surface area (Å²) in [5.74, 6) is -1.16. The van der Waals surface area contributed by atoms with Crippen molar-refractivity contribution in [2.75, 3.05) is 64.0 Å². The van der Waals surface area contributed by atoms with E-state index in [0.717, 1.165) is 34.6 Å². The average molecular weight is 836 g/mol. The first-order chi connectivity index (χ1) is 29.0. The van der Waals surface area contributed by atoms with Crippen molar-refractivity contribution < 1.29 is 46.6 Å². The SMILES string of the molecule is CCCC(C(=O)NC=O)N1C(=O)c2cccc(N3CCN(C(=O)COCCCCOc4ccc(C5CCN(C6=Nn7c(nnc7C(F)(F)F)CC6)CC5)cc4)CC3)c2C1=O. The molecule has 0 bridgehead atoms. The Hall–Kier alpha value is -5.85. The average Bonchev–Trinajstić information content (AvgIpc) is 3.80. The van der Waals surface area contributed by atoms with Gasteiger partial charge in [-0.3, -0.25) is 34.2 Å². The standard InChI is InChI=1S/C41H48F3N9O7/c1-2-6-32(37(56)45-26-54)52-38(57)30-7-5-8-31(36(30)39(52)58)49-19-21-51(22-20-49)35(55)25-59-23-3-4-24-60-29-11-9-27(10-12-29)28-15-17-50(18-16-28)34-14-13-33-46-47-40(41(42,43)44)53(33)48-34/h5,7-12,26,28,32H,2-4,6,13-25H2,1H3,(H,45,54,56). The number of carbonyl (C=O) groups excluding carboxylic acids is 5. The maximum Gasteiger partial charge on any atom is 0.453 e. The summed E-state index contributed by atoms with van der Waals surface area (Å²) in [4.78, 5) is 70.1. The molecule has 2 fully saturated rings. The summed E-state index contributed by atoms with van der Waals surface area (Å²) in [6.07, 6.45) is 0.403. The number of carbonyl (C=O) groups is 5. The van der Waals surface area contributed by atoms with Crippen molar-refractivity contribution in [1.29, 1.82) is 0 Å². The van der Waals surface area contributed by atoms with E-state index in [-0.39, 0.29) is 42.3 Å². The predicted molar refractivity (Wildman–Crippen MR) is 210 cm³/mol. The van der Waals surface area contributed by atoms with E-state index in [1.54, 1.807) is 23.1 Å². The number of anilines is 1. The molecule has 0 aliphatic carbocycles. The minimum atomic E-state index is -4.62. The number of hydrogen-bond donors (Lipinski definition) is 1. The summed E-state index contributed by atoms with van der Waals surface area (Å²) in [7, 11) is 0. The zero-order valence-electron chi connectivity index (χ0n) is 33.4. The van der Waals surface area contributed by atoms with Crippen molar-refractivity contribution in [2.24, 2.45) is 5.10 Å². The zero-order valence-corrected chi connectivity index (χ0v) is 33.4. The smallest absolute Gasteiger partial charge is 0.453 e. The molecule has 1 atom stereocenters. The molecule has 0 spiro atoms. The maximum absolute atomic E-state index is 13.6. The minimum Gasteiger partial charge on any atom is -0.494 e. The van der Waals surface area contributed by atoms with Crippen molar-refractivity contribution in [3.63, 3.8) is 0 Å². The molecule has 3 aromatic rings.